The van der Waals surface area contributed by atoms with Crippen LogP contribution in [0.2, 0.25) is 0 Å². The molecule has 0 radical (unpaired) electrons. The molecule has 4 aromatic rings. The number of amides is 4. The number of nitrogens with one attached hydrogen (secondary N) is 4. The molecule has 49 heavy (non-hydrogen) atoms. The van der Waals surface area contributed by atoms with Crippen molar-refractivity contribution in [1.29, 1.82) is 0 Å². The highest BCUT2D eigenvalue weighted by Crippen LogP contribution is 2.34. The Bertz CT molecular complexity index is 1750. The summed E-state index contributed by atoms with van der Waals surface area (Å²) >= 11 is 0. The summed E-state index contributed by atoms with van der Waals surface area (Å²) in [6.07, 6.45) is 4.92. The van der Waals surface area contributed by atoms with E-state index in [1.165, 1.54) is 0 Å². The molecule has 0 saturated carbocycles. The fourth-order valence-electron chi connectivity index (χ4n) is 6.21. The van der Waals surface area contributed by atoms with Crippen molar-refractivity contribution in [3.05, 3.63) is 107 Å². The summed E-state index contributed by atoms with van der Waals surface area (Å²) in [5, 5.41) is 15.6. The molecular weight excluding hydrogens is 620 g/mol. The highest BCUT2D eigenvalue weighted by Gasteiger charge is 2.41. The van der Waals surface area contributed by atoms with E-state index in [1.54, 1.807) is 46.5 Å². The molecule has 0 bridgehead atoms. The van der Waals surface area contributed by atoms with Gasteiger partial charge in [-0.25, -0.2) is 4.98 Å². The maximum absolute atomic E-state index is 14.4. The van der Waals surface area contributed by atoms with Crippen LogP contribution in [0.3, 0.4) is 0 Å². The van der Waals surface area contributed by atoms with E-state index in [4.69, 9.17) is 0 Å². The third kappa shape index (κ3) is 8.96. The first-order chi connectivity index (χ1) is 23.7. The number of carbonyl (C=O) groups is 4. The molecule has 2 aromatic heterocycles. The van der Waals surface area contributed by atoms with Gasteiger partial charge in [-0.15, -0.1) is 0 Å². The largest absolute Gasteiger partial charge is 0.337 e. The summed E-state index contributed by atoms with van der Waals surface area (Å²) in [4.78, 5) is 61.3. The van der Waals surface area contributed by atoms with Crippen molar-refractivity contribution >= 4 is 35.1 Å². The maximum atomic E-state index is 14.4. The van der Waals surface area contributed by atoms with E-state index in [1.807, 2.05) is 63.4 Å². The quantitative estimate of drug-likeness (QED) is 0.167. The van der Waals surface area contributed by atoms with Crippen LogP contribution in [0.15, 0.2) is 79.1 Å². The van der Waals surface area contributed by atoms with E-state index in [2.05, 4.69) is 31.1 Å². The van der Waals surface area contributed by atoms with Gasteiger partial charge in [-0.3, -0.25) is 24.3 Å². The number of hydrogen-bond donors (Lipinski definition) is 4. The van der Waals surface area contributed by atoms with Crippen LogP contribution < -0.4 is 16.0 Å². The molecule has 1 saturated heterocycles. The van der Waals surface area contributed by atoms with Gasteiger partial charge in [0.25, 0.3) is 5.91 Å². The highest BCUT2D eigenvalue weighted by molar-refractivity contribution is 5.96. The molecule has 1 aliphatic heterocycles. The molecule has 0 unspecified atom stereocenters. The zero-order chi connectivity index (χ0) is 34.8. The Hall–Kier alpha value is -5.36. The van der Waals surface area contributed by atoms with E-state index in [0.29, 0.717) is 49.7 Å². The number of aromatic amines is 1. The van der Waals surface area contributed by atoms with Crippen molar-refractivity contribution in [2.75, 3.05) is 37.3 Å². The number of H-pyrrole nitrogens is 1. The molecule has 0 aliphatic carbocycles. The molecule has 12 heteroatoms. The van der Waals surface area contributed by atoms with Gasteiger partial charge in [-0.1, -0.05) is 50.2 Å². The van der Waals surface area contributed by atoms with Gasteiger partial charge in [0.05, 0.1) is 6.42 Å². The molecule has 3 heterocycles. The second-order valence-electron chi connectivity index (χ2n) is 12.6. The van der Waals surface area contributed by atoms with Gasteiger partial charge in [0, 0.05) is 49.7 Å². The molecule has 1 fully saturated rings. The minimum absolute atomic E-state index is 0.120. The zero-order valence-corrected chi connectivity index (χ0v) is 28.3. The summed E-state index contributed by atoms with van der Waals surface area (Å²) in [6, 6.07) is 20.4. The lowest BCUT2D eigenvalue weighted by Crippen LogP contribution is -2.51. The Balaban J connectivity index is 1.31. The standard InChI is InChI=1S/C37H44N8O4/c1-4-26-12-13-30(21-29(26)22-33(46)42-32-11-7-8-17-39-32)41-34(47)25-45(24-28-10-6-5-9-27(28)23-38-3)36(49)37(2)15-19-44(20-16-37)35(48)31-14-18-40-43-31/h5-14,17-18,21,38H,4,15-16,19-20,22-25H2,1-3H3,(H,40,43)(H,41,47)(H,39,42,46). The molecule has 5 rings (SSSR count). The van der Waals surface area contributed by atoms with Gasteiger partial charge in [0.15, 0.2) is 0 Å². The third-order valence-corrected chi connectivity index (χ3v) is 9.02. The lowest BCUT2D eigenvalue weighted by Gasteiger charge is -2.41. The molecular formula is C37H44N8O4. The Labute approximate surface area is 286 Å². The van der Waals surface area contributed by atoms with Gasteiger partial charge in [0.1, 0.15) is 18.1 Å². The van der Waals surface area contributed by atoms with Crippen LogP contribution in [0, 0.1) is 5.41 Å². The number of hydrogen-bond acceptors (Lipinski definition) is 7. The fourth-order valence-corrected chi connectivity index (χ4v) is 6.21. The number of aromatic nitrogens is 3. The molecule has 0 spiro atoms. The minimum Gasteiger partial charge on any atom is -0.337 e. The van der Waals surface area contributed by atoms with E-state index in [-0.39, 0.29) is 43.1 Å². The minimum atomic E-state index is -0.764. The van der Waals surface area contributed by atoms with Crippen LogP contribution in [-0.2, 0) is 40.3 Å². The predicted molar refractivity (Wildman–Crippen MR) is 187 cm³/mol. The third-order valence-electron chi connectivity index (χ3n) is 9.02. The number of pyridine rings is 1. The Morgan fingerprint density at radius 3 is 2.31 bits per heavy atom. The Kier molecular flexibility index (Phi) is 11.5. The van der Waals surface area contributed by atoms with Gasteiger partial charge >= 0.3 is 0 Å². The Morgan fingerprint density at radius 2 is 1.63 bits per heavy atom. The second-order valence-corrected chi connectivity index (χ2v) is 12.6. The molecule has 256 valence electrons. The normalized spacial score (nSPS) is 13.8. The summed E-state index contributed by atoms with van der Waals surface area (Å²) in [5.74, 6) is -0.363. The van der Waals surface area contributed by atoms with Gasteiger partial charge < -0.3 is 25.8 Å². The summed E-state index contributed by atoms with van der Waals surface area (Å²) < 4.78 is 0. The molecule has 4 amide bonds. The monoisotopic (exact) mass is 664 g/mol. The van der Waals surface area contributed by atoms with Crippen molar-refractivity contribution in [2.45, 2.75) is 52.6 Å². The topological polar surface area (TPSA) is 152 Å². The smallest absolute Gasteiger partial charge is 0.271 e. The number of aryl methyl sites for hydroxylation is 1. The van der Waals surface area contributed by atoms with Crippen LogP contribution in [0.4, 0.5) is 11.5 Å². The number of nitrogens with zero attached hydrogens (tertiary/aromatic N) is 4. The summed E-state index contributed by atoms with van der Waals surface area (Å²) in [5.41, 5.74) is 3.98. The van der Waals surface area contributed by atoms with Crippen molar-refractivity contribution in [3.63, 3.8) is 0 Å². The van der Waals surface area contributed by atoms with Crippen molar-refractivity contribution < 1.29 is 19.2 Å². The molecule has 12 nitrogen and oxygen atoms in total. The lowest BCUT2D eigenvalue weighted by atomic mass is 9.78. The van der Waals surface area contributed by atoms with Crippen LogP contribution in [-0.4, -0.2) is 75.3 Å². The number of rotatable bonds is 13. The fraction of sp³-hybridized carbons (Fsp3) is 0.351. The van der Waals surface area contributed by atoms with Gasteiger partial charge in [-0.05, 0) is 78.9 Å². The van der Waals surface area contributed by atoms with Crippen LogP contribution >= 0.6 is 0 Å². The van der Waals surface area contributed by atoms with Crippen molar-refractivity contribution in [3.8, 4) is 0 Å². The van der Waals surface area contributed by atoms with Crippen molar-refractivity contribution in [1.82, 2.24) is 30.3 Å². The molecule has 0 atom stereocenters. The Morgan fingerprint density at radius 1 is 0.878 bits per heavy atom. The average Bonchev–Trinajstić information content (AvgIpc) is 3.65. The lowest BCUT2D eigenvalue weighted by molar-refractivity contribution is -0.146. The second kappa shape index (κ2) is 16.2. The average molecular weight is 665 g/mol. The SMILES string of the molecule is CCc1ccc(NC(=O)CN(Cc2ccccc2CNC)C(=O)C2(C)CCN(C(=O)c3ccn[nH]3)CC2)cc1CC(=O)Nc1ccccn1. The number of likely N-dealkylation sites (tertiary alicyclic amines) is 1. The van der Waals surface area contributed by atoms with Gasteiger partial charge in [-0.2, -0.15) is 5.10 Å². The van der Waals surface area contributed by atoms with Crippen LogP contribution in [0.1, 0.15) is 59.4 Å². The summed E-state index contributed by atoms with van der Waals surface area (Å²) in [6.45, 7) is 5.47. The highest BCUT2D eigenvalue weighted by atomic mass is 16.2. The molecule has 1 aliphatic rings. The number of carbonyl (C=O) groups excluding carboxylic acids is 4. The van der Waals surface area contributed by atoms with E-state index >= 15 is 0 Å². The number of anilines is 2. The van der Waals surface area contributed by atoms with E-state index in [0.717, 1.165) is 28.7 Å². The number of piperidine rings is 1. The van der Waals surface area contributed by atoms with E-state index < -0.39 is 5.41 Å². The first-order valence-corrected chi connectivity index (χ1v) is 16.6. The first-order valence-electron chi connectivity index (χ1n) is 16.6. The van der Waals surface area contributed by atoms with Crippen LogP contribution in [0.5, 0.6) is 0 Å². The van der Waals surface area contributed by atoms with Crippen LogP contribution in [0.25, 0.3) is 0 Å². The summed E-state index contributed by atoms with van der Waals surface area (Å²) in [7, 11) is 1.87. The van der Waals surface area contributed by atoms with Crippen molar-refractivity contribution in [2.24, 2.45) is 5.41 Å². The van der Waals surface area contributed by atoms with Gasteiger partial charge in [0.2, 0.25) is 17.7 Å². The predicted octanol–water partition coefficient (Wildman–Crippen LogP) is 4.18. The molecule has 4 N–H and O–H groups in total. The number of benzene rings is 2. The first kappa shape index (κ1) is 35.0. The maximum Gasteiger partial charge on any atom is 0.271 e. The zero-order valence-electron chi connectivity index (χ0n) is 28.3. The molecule has 2 aromatic carbocycles. The van der Waals surface area contributed by atoms with E-state index in [9.17, 15) is 19.2 Å².